The highest BCUT2D eigenvalue weighted by Gasteiger charge is 2.49. The lowest BCUT2D eigenvalue weighted by molar-refractivity contribution is -0.138. The molecule has 2 heterocycles. The number of carbonyl (C=O) groups excluding carboxylic acids is 2. The van der Waals surface area contributed by atoms with Crippen molar-refractivity contribution in [3.63, 3.8) is 0 Å². The number of aromatic nitrogens is 1. The largest absolute Gasteiger partial charge is 0.326 e. The van der Waals surface area contributed by atoms with Crippen molar-refractivity contribution in [3.05, 3.63) is 85.3 Å². The number of hydrogen-bond donors (Lipinski definition) is 2. The highest BCUT2D eigenvalue weighted by atomic mass is 35.5. The van der Waals surface area contributed by atoms with Gasteiger partial charge in [0.25, 0.3) is 11.8 Å². The molecule has 4 atom stereocenters. The van der Waals surface area contributed by atoms with Crippen LogP contribution in [-0.4, -0.2) is 48.5 Å². The molecule has 218 valence electrons. The van der Waals surface area contributed by atoms with E-state index < -0.39 is 40.0 Å². The van der Waals surface area contributed by atoms with Crippen molar-refractivity contribution in [3.8, 4) is 0 Å². The molecule has 0 radical (unpaired) electrons. The van der Waals surface area contributed by atoms with Crippen LogP contribution in [0.5, 0.6) is 0 Å². The molecular formula is C28H30Cl2N4O5S2. The summed E-state index contributed by atoms with van der Waals surface area (Å²) in [5.41, 5.74) is 4.68. The third kappa shape index (κ3) is 6.60. The maximum atomic E-state index is 14.3. The molecule has 9 nitrogen and oxygen atoms in total. The third-order valence-electron chi connectivity index (χ3n) is 7.45. The van der Waals surface area contributed by atoms with Gasteiger partial charge in [-0.25, -0.2) is 23.6 Å². The number of sulfonamides is 1. The first-order chi connectivity index (χ1) is 19.5. The number of carbonyl (C=O) groups is 2. The Balaban J connectivity index is 1.60. The Morgan fingerprint density at radius 1 is 1.15 bits per heavy atom. The van der Waals surface area contributed by atoms with Crippen molar-refractivity contribution in [2.45, 2.75) is 63.3 Å². The number of nitrogens with zero attached hydrogens (tertiary/aromatic N) is 2. The first-order valence-corrected chi connectivity index (χ1v) is 16.7. The van der Waals surface area contributed by atoms with Crippen LogP contribution in [0, 0.1) is 6.92 Å². The van der Waals surface area contributed by atoms with Crippen LogP contribution in [0.3, 0.4) is 0 Å². The van der Waals surface area contributed by atoms with Crippen molar-refractivity contribution < 1.29 is 22.8 Å². The molecule has 0 spiro atoms. The zero-order chi connectivity index (χ0) is 29.3. The van der Waals surface area contributed by atoms with Crippen LogP contribution >= 0.6 is 34.5 Å². The molecule has 5 rings (SSSR count). The van der Waals surface area contributed by atoms with Gasteiger partial charge in [-0.05, 0) is 49.1 Å². The molecule has 1 fully saturated rings. The highest BCUT2D eigenvalue weighted by Crippen LogP contribution is 2.47. The van der Waals surface area contributed by atoms with Gasteiger partial charge in [0.15, 0.2) is 0 Å². The summed E-state index contributed by atoms with van der Waals surface area (Å²) in [6.45, 7) is 1.96. The minimum atomic E-state index is -3.57. The Labute approximate surface area is 253 Å². The topological polar surface area (TPSA) is 118 Å². The summed E-state index contributed by atoms with van der Waals surface area (Å²) in [5, 5.41) is 3.43. The number of aryl methyl sites for hydroxylation is 1. The van der Waals surface area contributed by atoms with Crippen molar-refractivity contribution in [1.82, 2.24) is 20.1 Å². The summed E-state index contributed by atoms with van der Waals surface area (Å²) in [4.78, 5) is 39.9. The van der Waals surface area contributed by atoms with Crippen molar-refractivity contribution in [2.24, 2.45) is 0 Å². The lowest BCUT2D eigenvalue weighted by Crippen LogP contribution is -2.59. The van der Waals surface area contributed by atoms with Crippen LogP contribution in [-0.2, 0) is 26.3 Å². The number of amides is 2. The van der Waals surface area contributed by atoms with E-state index >= 15 is 0 Å². The molecule has 2 aliphatic rings. The molecule has 2 aromatic carbocycles. The molecule has 0 unspecified atom stereocenters. The summed E-state index contributed by atoms with van der Waals surface area (Å²) in [5.74, 6) is -1.69. The molecule has 13 heteroatoms. The number of hydroxylamine groups is 1. The second-order valence-electron chi connectivity index (χ2n) is 10.3. The second kappa shape index (κ2) is 12.4. The molecule has 1 aliphatic carbocycles. The minimum Gasteiger partial charge on any atom is -0.326 e. The van der Waals surface area contributed by atoms with Crippen LogP contribution in [0.15, 0.2) is 47.8 Å². The van der Waals surface area contributed by atoms with Crippen LogP contribution < -0.4 is 10.2 Å². The first kappa shape index (κ1) is 29.9. The zero-order valence-corrected chi connectivity index (χ0v) is 25.6. The summed E-state index contributed by atoms with van der Waals surface area (Å²) < 4.78 is 27.4. The van der Waals surface area contributed by atoms with Gasteiger partial charge < -0.3 is 4.90 Å². The van der Waals surface area contributed by atoms with E-state index in [1.165, 1.54) is 11.3 Å². The SMILES string of the molecule is Cc1nc(CONC(=O)[C@@H]2c3ccccc3C(=O)N([C@H]3CCCC[C@@H]3NS(C)(=O)=O)[C@H]2c2ccc(Cl)cc2Cl)cs1. The molecule has 1 aliphatic heterocycles. The molecule has 0 saturated heterocycles. The molecule has 2 amide bonds. The number of nitrogens with one attached hydrogen (secondary N) is 2. The summed E-state index contributed by atoms with van der Waals surface area (Å²) in [6.07, 6.45) is 3.82. The standard InChI is InChI=1S/C28H30Cl2N4O5S2/c1-16-31-18(15-40-16)14-39-32-27(35)25-19-7-3-4-8-20(19)28(36)34(26(25)21-12-11-17(29)13-22(21)30)24-10-6-5-9-23(24)33-41(2,37)38/h3-4,7-8,11-13,15,23-26,33H,5-6,9-10,14H2,1-2H3,(H,32,35)/t23-,24-,25+,26-/m0/s1. The van der Waals surface area contributed by atoms with Crippen LogP contribution in [0.25, 0.3) is 0 Å². The number of benzene rings is 2. The summed E-state index contributed by atoms with van der Waals surface area (Å²) >= 11 is 14.4. The first-order valence-electron chi connectivity index (χ1n) is 13.2. The van der Waals surface area contributed by atoms with Gasteiger partial charge in [-0.2, -0.15) is 0 Å². The van der Waals surface area contributed by atoms with E-state index in [1.54, 1.807) is 47.4 Å². The fourth-order valence-electron chi connectivity index (χ4n) is 5.85. The lowest BCUT2D eigenvalue weighted by Gasteiger charge is -2.49. The predicted molar refractivity (Wildman–Crippen MR) is 158 cm³/mol. The van der Waals surface area contributed by atoms with Crippen LogP contribution in [0.1, 0.15) is 69.8 Å². The Morgan fingerprint density at radius 2 is 1.90 bits per heavy atom. The van der Waals surface area contributed by atoms with E-state index in [1.807, 2.05) is 12.3 Å². The van der Waals surface area contributed by atoms with Crippen molar-refractivity contribution in [2.75, 3.05) is 6.26 Å². The Bertz CT molecular complexity index is 1560. The summed E-state index contributed by atoms with van der Waals surface area (Å²) in [7, 11) is -3.57. The second-order valence-corrected chi connectivity index (χ2v) is 14.0. The fourth-order valence-corrected chi connectivity index (χ4v) is 7.79. The van der Waals surface area contributed by atoms with E-state index in [0.717, 1.165) is 24.1 Å². The Kier molecular flexibility index (Phi) is 9.03. The minimum absolute atomic E-state index is 0.0719. The normalized spacial score (nSPS) is 22.8. The van der Waals surface area contributed by atoms with Crippen molar-refractivity contribution >= 4 is 56.4 Å². The lowest BCUT2D eigenvalue weighted by atomic mass is 9.76. The number of halogens is 2. The molecular weight excluding hydrogens is 607 g/mol. The van der Waals surface area contributed by atoms with E-state index in [4.69, 9.17) is 28.0 Å². The molecule has 41 heavy (non-hydrogen) atoms. The smallest absolute Gasteiger partial charge is 0.255 e. The van der Waals surface area contributed by atoms with Gasteiger partial charge in [-0.15, -0.1) is 11.3 Å². The van der Waals surface area contributed by atoms with E-state index in [2.05, 4.69) is 15.2 Å². The average Bonchev–Trinajstić information content (AvgIpc) is 3.33. The Hall–Kier alpha value is -2.54. The highest BCUT2D eigenvalue weighted by molar-refractivity contribution is 7.88. The van der Waals surface area contributed by atoms with E-state index in [9.17, 15) is 18.0 Å². The Morgan fingerprint density at radius 3 is 2.61 bits per heavy atom. The van der Waals surface area contributed by atoms with Crippen LogP contribution in [0.2, 0.25) is 10.0 Å². The zero-order valence-electron chi connectivity index (χ0n) is 22.5. The molecule has 2 N–H and O–H groups in total. The van der Waals surface area contributed by atoms with Gasteiger partial charge in [0.2, 0.25) is 10.0 Å². The van der Waals surface area contributed by atoms with E-state index in [-0.39, 0.29) is 12.5 Å². The maximum absolute atomic E-state index is 14.3. The van der Waals surface area contributed by atoms with E-state index in [0.29, 0.717) is 45.3 Å². The van der Waals surface area contributed by atoms with Gasteiger partial charge in [0.05, 0.1) is 28.9 Å². The molecule has 0 bridgehead atoms. The van der Waals surface area contributed by atoms with Crippen molar-refractivity contribution in [1.29, 1.82) is 0 Å². The number of thiazole rings is 1. The average molecular weight is 638 g/mol. The number of rotatable bonds is 8. The van der Waals surface area contributed by atoms with Gasteiger partial charge >= 0.3 is 0 Å². The molecule has 1 aromatic heterocycles. The summed E-state index contributed by atoms with van der Waals surface area (Å²) in [6, 6.07) is 9.99. The fraction of sp³-hybridized carbons (Fsp3) is 0.393. The monoisotopic (exact) mass is 636 g/mol. The van der Waals surface area contributed by atoms with Gasteiger partial charge in [0, 0.05) is 33.1 Å². The predicted octanol–water partition coefficient (Wildman–Crippen LogP) is 5.15. The number of fused-ring (bicyclic) bond motifs is 1. The third-order valence-corrected chi connectivity index (χ3v) is 9.57. The van der Waals surface area contributed by atoms with Gasteiger partial charge in [0.1, 0.15) is 6.61 Å². The van der Waals surface area contributed by atoms with Crippen LogP contribution in [0.4, 0.5) is 0 Å². The van der Waals surface area contributed by atoms with Gasteiger partial charge in [-0.1, -0.05) is 60.3 Å². The maximum Gasteiger partial charge on any atom is 0.255 e. The number of hydrogen-bond acceptors (Lipinski definition) is 7. The quantitative estimate of drug-likeness (QED) is 0.330. The van der Waals surface area contributed by atoms with Gasteiger partial charge in [-0.3, -0.25) is 14.4 Å². The molecule has 1 saturated carbocycles. The molecule has 3 aromatic rings.